The molecule has 0 heterocycles. The zero-order valence-electron chi connectivity index (χ0n) is 7.64. The highest BCUT2D eigenvalue weighted by Crippen LogP contribution is 2.27. The van der Waals surface area contributed by atoms with Crippen molar-refractivity contribution in [2.75, 3.05) is 13.2 Å². The lowest BCUT2D eigenvalue weighted by molar-refractivity contribution is -0.128. The van der Waals surface area contributed by atoms with Crippen LogP contribution >= 0.6 is 0 Å². The van der Waals surface area contributed by atoms with E-state index in [0.717, 1.165) is 25.7 Å². The second-order valence-corrected chi connectivity index (χ2v) is 3.42. The number of hydrogen-bond acceptors (Lipinski definition) is 3. The fourth-order valence-corrected chi connectivity index (χ4v) is 1.62. The summed E-state index contributed by atoms with van der Waals surface area (Å²) in [4.78, 5) is 11.5. The fourth-order valence-electron chi connectivity index (χ4n) is 1.62. The number of Topliss-reactive ketones (excluding diaryl/α,β-unsaturated/α-hetero) is 1. The van der Waals surface area contributed by atoms with Crippen molar-refractivity contribution in [3.63, 3.8) is 0 Å². The number of rotatable bonds is 4. The highest BCUT2D eigenvalue weighted by molar-refractivity contribution is 5.89. The Morgan fingerprint density at radius 1 is 1.50 bits per heavy atom. The van der Waals surface area contributed by atoms with Crippen molar-refractivity contribution in [2.24, 2.45) is 5.73 Å². The third-order valence-electron chi connectivity index (χ3n) is 2.49. The maximum Gasteiger partial charge on any atom is 0.178 e. The van der Waals surface area contributed by atoms with Crippen molar-refractivity contribution < 1.29 is 9.53 Å². The van der Waals surface area contributed by atoms with Crippen molar-refractivity contribution in [3.05, 3.63) is 0 Å². The largest absolute Gasteiger partial charge is 0.374 e. The minimum Gasteiger partial charge on any atom is -0.374 e. The molecule has 0 aromatic carbocycles. The highest BCUT2D eigenvalue weighted by atomic mass is 16.5. The van der Waals surface area contributed by atoms with Crippen LogP contribution in [0.1, 0.15) is 32.6 Å². The van der Waals surface area contributed by atoms with E-state index in [1.807, 2.05) is 6.92 Å². The molecule has 1 rings (SSSR count). The Morgan fingerprint density at radius 3 is 2.58 bits per heavy atom. The van der Waals surface area contributed by atoms with Gasteiger partial charge in [-0.3, -0.25) is 4.79 Å². The molecule has 1 fully saturated rings. The molecule has 1 aliphatic rings. The summed E-state index contributed by atoms with van der Waals surface area (Å²) in [5, 5.41) is 0. The molecule has 0 aromatic rings. The molecule has 70 valence electrons. The number of ketones is 1. The van der Waals surface area contributed by atoms with Crippen LogP contribution in [0, 0.1) is 0 Å². The van der Waals surface area contributed by atoms with E-state index in [4.69, 9.17) is 10.5 Å². The maximum atomic E-state index is 11.5. The van der Waals surface area contributed by atoms with Gasteiger partial charge in [0.1, 0.15) is 6.61 Å². The molecule has 12 heavy (non-hydrogen) atoms. The van der Waals surface area contributed by atoms with Crippen molar-refractivity contribution in [1.82, 2.24) is 0 Å². The average Bonchev–Trinajstić information content (AvgIpc) is 2.49. The Kier molecular flexibility index (Phi) is 3.23. The lowest BCUT2D eigenvalue weighted by Crippen LogP contribution is -2.47. The fraction of sp³-hybridized carbons (Fsp3) is 0.889. The van der Waals surface area contributed by atoms with Gasteiger partial charge in [-0.1, -0.05) is 12.8 Å². The topological polar surface area (TPSA) is 52.3 Å². The molecule has 1 saturated carbocycles. The van der Waals surface area contributed by atoms with Gasteiger partial charge in [-0.05, 0) is 19.8 Å². The Hall–Kier alpha value is -0.410. The SMILES string of the molecule is CCOCC(=O)C1(N)CCCC1. The molecule has 1 aliphatic carbocycles. The minimum atomic E-state index is -0.560. The van der Waals surface area contributed by atoms with Gasteiger partial charge in [0.05, 0.1) is 5.54 Å². The van der Waals surface area contributed by atoms with Crippen LogP contribution in [0.3, 0.4) is 0 Å². The van der Waals surface area contributed by atoms with E-state index in [-0.39, 0.29) is 12.4 Å². The number of ether oxygens (including phenoxy) is 1. The Labute approximate surface area is 73.3 Å². The smallest absolute Gasteiger partial charge is 0.178 e. The van der Waals surface area contributed by atoms with Crippen LogP contribution in [0.15, 0.2) is 0 Å². The van der Waals surface area contributed by atoms with E-state index < -0.39 is 5.54 Å². The summed E-state index contributed by atoms with van der Waals surface area (Å²) in [7, 11) is 0. The van der Waals surface area contributed by atoms with Crippen molar-refractivity contribution in [3.8, 4) is 0 Å². The maximum absolute atomic E-state index is 11.5. The number of nitrogens with two attached hydrogens (primary N) is 1. The molecular weight excluding hydrogens is 154 g/mol. The van der Waals surface area contributed by atoms with Gasteiger partial charge < -0.3 is 10.5 Å². The van der Waals surface area contributed by atoms with Gasteiger partial charge in [0, 0.05) is 6.61 Å². The quantitative estimate of drug-likeness (QED) is 0.682. The Morgan fingerprint density at radius 2 is 2.08 bits per heavy atom. The second kappa shape index (κ2) is 4.01. The number of carbonyl (C=O) groups excluding carboxylic acids is 1. The van der Waals surface area contributed by atoms with Gasteiger partial charge >= 0.3 is 0 Å². The van der Waals surface area contributed by atoms with Crippen LogP contribution in [0.4, 0.5) is 0 Å². The molecule has 0 bridgehead atoms. The number of hydrogen-bond donors (Lipinski definition) is 1. The predicted octanol–water partition coefficient (Wildman–Crippen LogP) is 0.863. The van der Waals surface area contributed by atoms with Gasteiger partial charge in [0.2, 0.25) is 0 Å². The van der Waals surface area contributed by atoms with Crippen LogP contribution in [-0.2, 0) is 9.53 Å². The summed E-state index contributed by atoms with van der Waals surface area (Å²) in [6, 6.07) is 0. The molecule has 0 spiro atoms. The van der Waals surface area contributed by atoms with Crippen LogP contribution in [0.2, 0.25) is 0 Å². The van der Waals surface area contributed by atoms with Crippen LogP contribution in [0.25, 0.3) is 0 Å². The first-order chi connectivity index (χ1) is 5.69. The normalized spacial score (nSPS) is 21.2. The van der Waals surface area contributed by atoms with E-state index >= 15 is 0 Å². The van der Waals surface area contributed by atoms with Gasteiger partial charge in [0.15, 0.2) is 5.78 Å². The van der Waals surface area contributed by atoms with E-state index in [9.17, 15) is 4.79 Å². The summed E-state index contributed by atoms with van der Waals surface area (Å²) in [6.45, 7) is 2.65. The van der Waals surface area contributed by atoms with Crippen molar-refractivity contribution >= 4 is 5.78 Å². The molecule has 0 atom stereocenters. The van der Waals surface area contributed by atoms with Crippen molar-refractivity contribution in [2.45, 2.75) is 38.1 Å². The van der Waals surface area contributed by atoms with Crippen LogP contribution < -0.4 is 5.73 Å². The van der Waals surface area contributed by atoms with Gasteiger partial charge in [-0.2, -0.15) is 0 Å². The average molecular weight is 171 g/mol. The standard InChI is InChI=1S/C9H17NO2/c1-2-12-7-8(11)9(10)5-3-4-6-9/h2-7,10H2,1H3. The minimum absolute atomic E-state index is 0.0712. The zero-order chi connectivity index (χ0) is 9.03. The van der Waals surface area contributed by atoms with E-state index in [1.165, 1.54) is 0 Å². The van der Waals surface area contributed by atoms with Crippen LogP contribution in [0.5, 0.6) is 0 Å². The molecule has 0 amide bonds. The molecule has 2 N–H and O–H groups in total. The zero-order valence-corrected chi connectivity index (χ0v) is 7.64. The summed E-state index contributed by atoms with van der Waals surface area (Å²) in [6.07, 6.45) is 3.82. The molecule has 3 heteroatoms. The Bertz CT molecular complexity index is 162. The summed E-state index contributed by atoms with van der Waals surface area (Å²) in [5.74, 6) is 0.0712. The third kappa shape index (κ3) is 2.05. The lowest BCUT2D eigenvalue weighted by Gasteiger charge is -2.21. The Balaban J connectivity index is 2.39. The van der Waals surface area contributed by atoms with Crippen LogP contribution in [-0.4, -0.2) is 24.5 Å². The van der Waals surface area contributed by atoms with E-state index in [1.54, 1.807) is 0 Å². The first-order valence-electron chi connectivity index (χ1n) is 4.59. The molecule has 3 nitrogen and oxygen atoms in total. The molecule has 0 aliphatic heterocycles. The van der Waals surface area contributed by atoms with Gasteiger partial charge in [0.25, 0.3) is 0 Å². The first kappa shape index (κ1) is 9.68. The van der Waals surface area contributed by atoms with Gasteiger partial charge in [-0.15, -0.1) is 0 Å². The highest BCUT2D eigenvalue weighted by Gasteiger charge is 2.36. The van der Waals surface area contributed by atoms with E-state index in [2.05, 4.69) is 0 Å². The van der Waals surface area contributed by atoms with E-state index in [0.29, 0.717) is 6.61 Å². The third-order valence-corrected chi connectivity index (χ3v) is 2.49. The van der Waals surface area contributed by atoms with Crippen molar-refractivity contribution in [1.29, 1.82) is 0 Å². The molecule has 0 radical (unpaired) electrons. The van der Waals surface area contributed by atoms with Gasteiger partial charge in [-0.25, -0.2) is 0 Å². The molecule has 0 unspecified atom stereocenters. The first-order valence-corrected chi connectivity index (χ1v) is 4.59. The summed E-state index contributed by atoms with van der Waals surface area (Å²) >= 11 is 0. The molecule has 0 saturated heterocycles. The number of carbonyl (C=O) groups is 1. The predicted molar refractivity (Wildman–Crippen MR) is 46.9 cm³/mol. The summed E-state index contributed by atoms with van der Waals surface area (Å²) in [5.41, 5.74) is 5.35. The molecular formula is C9H17NO2. The lowest BCUT2D eigenvalue weighted by atomic mass is 9.94. The second-order valence-electron chi connectivity index (χ2n) is 3.42. The molecule has 0 aromatic heterocycles. The monoisotopic (exact) mass is 171 g/mol. The summed E-state index contributed by atoms with van der Waals surface area (Å²) < 4.78 is 5.04.